The van der Waals surface area contributed by atoms with Crippen LogP contribution in [-0.2, 0) is 20.9 Å². The van der Waals surface area contributed by atoms with E-state index in [1.165, 1.54) is 24.3 Å². The fourth-order valence-electron chi connectivity index (χ4n) is 9.99. The maximum atomic E-state index is 15.2. The first-order valence-corrected chi connectivity index (χ1v) is 23.4. The van der Waals surface area contributed by atoms with Gasteiger partial charge in [-0.2, -0.15) is 5.26 Å². The number of fused-ring (bicyclic) bond motifs is 2. The van der Waals surface area contributed by atoms with Crippen LogP contribution in [0.3, 0.4) is 0 Å². The number of amides is 1. The summed E-state index contributed by atoms with van der Waals surface area (Å²) in [5.74, 6) is -2.40. The fourth-order valence-corrected chi connectivity index (χ4v) is 9.99. The van der Waals surface area contributed by atoms with Gasteiger partial charge in [0.15, 0.2) is 0 Å². The topological polar surface area (TPSA) is 250 Å². The van der Waals surface area contributed by atoms with Crippen LogP contribution in [0.5, 0.6) is 17.2 Å². The molecule has 0 radical (unpaired) electrons. The molecule has 368 valence electrons. The normalized spacial score (nSPS) is 21.5. The summed E-state index contributed by atoms with van der Waals surface area (Å²) in [6.45, 7) is 3.72. The van der Waals surface area contributed by atoms with E-state index in [2.05, 4.69) is 18.7 Å². The molecule has 4 aromatic carbocycles. The van der Waals surface area contributed by atoms with E-state index in [1.54, 1.807) is 71.6 Å². The number of benzene rings is 4. The van der Waals surface area contributed by atoms with E-state index in [1.807, 2.05) is 6.07 Å². The molecular weight excluding hydrogens is 903 g/mol. The maximum absolute atomic E-state index is 15.2. The largest absolute Gasteiger partial charge is 0.459 e. The van der Waals surface area contributed by atoms with E-state index < -0.39 is 39.4 Å². The lowest BCUT2D eigenvalue weighted by molar-refractivity contribution is -0.385. The number of carbonyl (C=O) groups is 1. The Balaban J connectivity index is 1.45. The van der Waals surface area contributed by atoms with Crippen LogP contribution in [0.1, 0.15) is 77.9 Å². The van der Waals surface area contributed by atoms with Crippen molar-refractivity contribution in [1.29, 1.82) is 5.26 Å². The Hall–Kier alpha value is -7.01. The minimum Gasteiger partial charge on any atom is -0.459 e. The van der Waals surface area contributed by atoms with Gasteiger partial charge in [-0.1, -0.05) is 36.2 Å². The minimum absolute atomic E-state index is 0.00550. The Labute approximate surface area is 405 Å². The molecule has 3 aliphatic rings. The summed E-state index contributed by atoms with van der Waals surface area (Å²) in [6, 6.07) is 24.6. The lowest BCUT2D eigenvalue weighted by Gasteiger charge is -2.60. The summed E-state index contributed by atoms with van der Waals surface area (Å²) >= 11 is 0. The molecule has 7 rings (SSSR count). The third-order valence-electron chi connectivity index (χ3n) is 13.1. The van der Waals surface area contributed by atoms with Crippen LogP contribution in [0.25, 0.3) is 0 Å². The van der Waals surface area contributed by atoms with E-state index >= 15 is 4.79 Å². The first-order valence-electron chi connectivity index (χ1n) is 23.4. The number of nitriles is 1. The second-order valence-electron chi connectivity index (χ2n) is 17.3. The van der Waals surface area contributed by atoms with E-state index in [0.29, 0.717) is 66.9 Å². The summed E-state index contributed by atoms with van der Waals surface area (Å²) < 4.78 is 26.5. The Bertz CT molecular complexity index is 2580. The average molecular weight is 960 g/mol. The molecule has 0 aromatic heterocycles. The van der Waals surface area contributed by atoms with Crippen LogP contribution in [0, 0.1) is 49.3 Å². The summed E-state index contributed by atoms with van der Waals surface area (Å²) in [4.78, 5) is 45.1. The first kappa shape index (κ1) is 50.9. The van der Waals surface area contributed by atoms with Crippen molar-refractivity contribution in [2.24, 2.45) is 22.9 Å². The number of nitrogens with zero attached hydrogens (tertiary/aromatic N) is 5. The van der Waals surface area contributed by atoms with Gasteiger partial charge in [0.05, 0.1) is 65.6 Å². The lowest BCUT2D eigenvalue weighted by atomic mass is 9.55. The Morgan fingerprint density at radius 1 is 0.900 bits per heavy atom. The van der Waals surface area contributed by atoms with Gasteiger partial charge < -0.3 is 44.0 Å². The Kier molecular flexibility index (Phi) is 17.4. The van der Waals surface area contributed by atoms with Crippen LogP contribution in [0.15, 0.2) is 120 Å². The van der Waals surface area contributed by atoms with Gasteiger partial charge in [-0.3, -0.25) is 25.0 Å². The van der Waals surface area contributed by atoms with Crippen LogP contribution >= 0.6 is 0 Å². The molecule has 1 aliphatic heterocycles. The molecular formula is C52H57N5O13. The summed E-state index contributed by atoms with van der Waals surface area (Å²) in [5, 5.41) is 67.2. The first-order chi connectivity index (χ1) is 34.0. The van der Waals surface area contributed by atoms with Crippen molar-refractivity contribution < 1.29 is 53.7 Å². The van der Waals surface area contributed by atoms with Gasteiger partial charge in [-0.25, -0.2) is 0 Å². The quantitative estimate of drug-likeness (QED) is 0.0245. The van der Waals surface area contributed by atoms with Gasteiger partial charge in [-0.05, 0) is 109 Å². The van der Waals surface area contributed by atoms with Crippen LogP contribution in [-0.4, -0.2) is 99.7 Å². The van der Waals surface area contributed by atoms with Crippen LogP contribution < -0.4 is 9.47 Å². The molecule has 0 bridgehead atoms. The summed E-state index contributed by atoms with van der Waals surface area (Å²) in [7, 11) is 0. The van der Waals surface area contributed by atoms with Crippen molar-refractivity contribution in [2.45, 2.75) is 69.3 Å². The molecule has 1 saturated carbocycles. The predicted molar refractivity (Wildman–Crippen MR) is 256 cm³/mol. The number of aliphatic hydroxyl groups excluding tert-OH is 3. The molecule has 1 amide bonds. The van der Waals surface area contributed by atoms with Crippen molar-refractivity contribution in [2.75, 3.05) is 46.2 Å². The summed E-state index contributed by atoms with van der Waals surface area (Å²) in [6.07, 6.45) is 7.63. The number of non-ortho nitro benzene ring substituents is 2. The zero-order chi connectivity index (χ0) is 49.6. The molecule has 6 atom stereocenters. The number of unbranched alkanes of at least 4 members (excludes halogenated alkanes) is 2. The zero-order valence-corrected chi connectivity index (χ0v) is 38.7. The van der Waals surface area contributed by atoms with E-state index in [-0.39, 0.29) is 93.7 Å². The number of rotatable bonds is 25. The molecule has 18 nitrogen and oxygen atoms in total. The monoisotopic (exact) mass is 959 g/mol. The molecule has 18 heteroatoms. The molecule has 1 heterocycles. The highest BCUT2D eigenvalue weighted by Crippen LogP contribution is 2.62. The van der Waals surface area contributed by atoms with Crippen molar-refractivity contribution in [3.05, 3.63) is 158 Å². The van der Waals surface area contributed by atoms with Gasteiger partial charge in [0.1, 0.15) is 29.9 Å². The van der Waals surface area contributed by atoms with Crippen LogP contribution in [0.2, 0.25) is 0 Å². The second kappa shape index (κ2) is 24.0. The second-order valence-corrected chi connectivity index (χ2v) is 17.3. The van der Waals surface area contributed by atoms with E-state index in [9.17, 15) is 40.8 Å². The van der Waals surface area contributed by atoms with Gasteiger partial charge in [0.2, 0.25) is 5.79 Å². The number of carbonyl (C=O) groups excluding carboxylic acids is 1. The molecule has 70 heavy (non-hydrogen) atoms. The summed E-state index contributed by atoms with van der Waals surface area (Å²) in [5.41, 5.74) is 3.03. The number of allylic oxidation sites excluding steroid dienone is 1. The molecule has 2 aliphatic carbocycles. The van der Waals surface area contributed by atoms with Crippen molar-refractivity contribution >= 4 is 23.0 Å². The highest BCUT2D eigenvalue weighted by Gasteiger charge is 2.65. The van der Waals surface area contributed by atoms with Crippen molar-refractivity contribution in [3.8, 4) is 23.3 Å². The molecule has 0 spiro atoms. The predicted octanol–water partition coefficient (Wildman–Crippen LogP) is 8.15. The zero-order valence-electron chi connectivity index (χ0n) is 38.7. The van der Waals surface area contributed by atoms with Gasteiger partial charge in [0.25, 0.3) is 17.3 Å². The third-order valence-corrected chi connectivity index (χ3v) is 13.1. The number of ether oxygens (including phenoxy) is 4. The Morgan fingerprint density at radius 3 is 2.31 bits per heavy atom. The molecule has 6 unspecified atom stereocenters. The number of nitro benzene ring substituents is 2. The van der Waals surface area contributed by atoms with Crippen LogP contribution in [0.4, 0.5) is 11.4 Å². The number of hydrogen-bond donors (Lipinski definition) is 3. The third kappa shape index (κ3) is 11.5. The molecule has 0 saturated heterocycles. The van der Waals surface area contributed by atoms with E-state index in [0.717, 1.165) is 11.1 Å². The molecule has 1 fully saturated rings. The standard InChI is InChI=1S/C52H57N5O13/c1-2-26-67-52-48(55(22-27-66-28-25-60)51(61)37-16-12-35(33-53)13-17-37)32-46(54-68-34-36-14-18-39(19-15-36)56(62)63)44-29-38(8-3-5-23-58)43(11-4-6-24-59)49(50(44)52)45-31-42(20-21-47(45)70-52)69-41-10-7-9-40(30-41)57(64)65/h2,7,9-10,12-21,29-31,38,43,48-50,58-60H,1,3-6,8,11,22-28,32,34H2. The average Bonchev–Trinajstić information content (AvgIpc) is 3.37. The van der Waals surface area contributed by atoms with Gasteiger partial charge in [0, 0.05) is 61.4 Å². The number of oxime groups is 1. The minimum atomic E-state index is -1.65. The van der Waals surface area contributed by atoms with Gasteiger partial charge >= 0.3 is 0 Å². The van der Waals surface area contributed by atoms with Gasteiger partial charge in [-0.15, -0.1) is 6.58 Å². The smallest absolute Gasteiger partial charge is 0.273 e. The highest BCUT2D eigenvalue weighted by molar-refractivity contribution is 6.03. The SMILES string of the molecule is C=CCOC12Oc3ccc(Oc4cccc([N+](=O)[O-])c4)cc3C3C(CCCCO)C(CCCCO)C=C(C(=NOCc4ccc([N+](=O)[O-])cc4)CC1N(CCOCCO)C(=O)c1ccc(C#N)cc1)C32. The maximum Gasteiger partial charge on any atom is 0.273 e. The Morgan fingerprint density at radius 2 is 1.63 bits per heavy atom. The molecule has 4 aromatic rings. The lowest BCUT2D eigenvalue weighted by Crippen LogP contribution is -2.70. The molecule has 3 N–H and O–H groups in total. The van der Waals surface area contributed by atoms with Crippen molar-refractivity contribution in [3.63, 3.8) is 0 Å². The number of hydrogen-bond acceptors (Lipinski definition) is 15. The highest BCUT2D eigenvalue weighted by atomic mass is 16.7. The number of nitro groups is 2. The number of aliphatic hydroxyl groups is 3. The van der Waals surface area contributed by atoms with Crippen molar-refractivity contribution in [1.82, 2.24) is 4.90 Å². The van der Waals surface area contributed by atoms with E-state index in [4.69, 9.17) is 28.9 Å². The fraction of sp³-hybridized carbons (Fsp3) is 0.404.